The van der Waals surface area contributed by atoms with Gasteiger partial charge in [-0.3, -0.25) is 9.88 Å². The Bertz CT molecular complexity index is 855. The number of likely N-dealkylation sites (tertiary alicyclic amines) is 1. The Morgan fingerprint density at radius 2 is 1.76 bits per heavy atom. The Morgan fingerprint density at radius 3 is 2.56 bits per heavy atom. The van der Waals surface area contributed by atoms with E-state index in [1.807, 2.05) is 30.5 Å². The maximum atomic E-state index is 6.06. The second kappa shape index (κ2) is 7.42. The summed E-state index contributed by atoms with van der Waals surface area (Å²) in [5.41, 5.74) is 4.41. The number of rotatable bonds is 4. The van der Waals surface area contributed by atoms with Gasteiger partial charge in [0.05, 0.1) is 5.52 Å². The molecule has 1 aromatic heterocycles. The minimum absolute atomic E-state index is 0.708. The zero-order valence-corrected chi connectivity index (χ0v) is 15.0. The third kappa shape index (κ3) is 3.94. The van der Waals surface area contributed by atoms with Crippen LogP contribution in [0.25, 0.3) is 10.9 Å². The van der Waals surface area contributed by atoms with E-state index in [0.717, 1.165) is 28.8 Å². The van der Waals surface area contributed by atoms with Crippen LogP contribution >= 0.6 is 11.6 Å². The molecular weight excluding hydrogens is 330 g/mol. The van der Waals surface area contributed by atoms with E-state index >= 15 is 0 Å². The molecular formula is C21H22ClN3. The van der Waals surface area contributed by atoms with E-state index < -0.39 is 0 Å². The molecule has 4 heteroatoms. The highest BCUT2D eigenvalue weighted by molar-refractivity contribution is 6.31. The lowest BCUT2D eigenvalue weighted by molar-refractivity contribution is 0.221. The summed E-state index contributed by atoms with van der Waals surface area (Å²) in [6.45, 7) is 3.51. The number of anilines is 2. The van der Waals surface area contributed by atoms with Gasteiger partial charge in [-0.25, -0.2) is 0 Å². The lowest BCUT2D eigenvalue weighted by atomic mass is 10.1. The molecule has 1 N–H and O–H groups in total. The highest BCUT2D eigenvalue weighted by atomic mass is 35.5. The summed E-state index contributed by atoms with van der Waals surface area (Å²) in [6.07, 6.45) is 5.85. The molecule has 4 rings (SSSR count). The molecule has 1 saturated heterocycles. The van der Waals surface area contributed by atoms with Gasteiger partial charge in [0.2, 0.25) is 0 Å². The van der Waals surface area contributed by atoms with Gasteiger partial charge in [-0.05, 0) is 67.9 Å². The molecule has 0 aliphatic carbocycles. The van der Waals surface area contributed by atoms with Crippen molar-refractivity contribution >= 4 is 33.9 Å². The molecule has 1 fully saturated rings. The van der Waals surface area contributed by atoms with Crippen molar-refractivity contribution in [1.29, 1.82) is 0 Å². The molecule has 2 aromatic carbocycles. The van der Waals surface area contributed by atoms with E-state index in [-0.39, 0.29) is 0 Å². The Hall–Kier alpha value is -2.10. The predicted molar refractivity (Wildman–Crippen MR) is 106 cm³/mol. The van der Waals surface area contributed by atoms with Crippen molar-refractivity contribution < 1.29 is 0 Å². The van der Waals surface area contributed by atoms with E-state index in [0.29, 0.717) is 5.02 Å². The first-order valence-corrected chi connectivity index (χ1v) is 9.28. The number of aromatic nitrogens is 1. The SMILES string of the molecule is Clc1ccc2c(Nc3ccc(CN4CCCCC4)cc3)ccnc2c1. The van der Waals surface area contributed by atoms with Crippen LogP contribution in [0.4, 0.5) is 11.4 Å². The van der Waals surface area contributed by atoms with E-state index in [2.05, 4.69) is 39.5 Å². The minimum Gasteiger partial charge on any atom is -0.355 e. The van der Waals surface area contributed by atoms with Crippen molar-refractivity contribution in [2.75, 3.05) is 18.4 Å². The number of nitrogens with one attached hydrogen (secondary N) is 1. The number of benzene rings is 2. The zero-order valence-electron chi connectivity index (χ0n) is 14.2. The number of nitrogens with zero attached hydrogens (tertiary/aromatic N) is 2. The molecule has 0 radical (unpaired) electrons. The first-order valence-electron chi connectivity index (χ1n) is 8.90. The molecule has 1 aliphatic heterocycles. The molecule has 0 unspecified atom stereocenters. The van der Waals surface area contributed by atoms with Crippen molar-refractivity contribution in [2.45, 2.75) is 25.8 Å². The smallest absolute Gasteiger partial charge is 0.0737 e. The topological polar surface area (TPSA) is 28.2 Å². The van der Waals surface area contributed by atoms with Crippen molar-refractivity contribution in [2.24, 2.45) is 0 Å². The van der Waals surface area contributed by atoms with Crippen molar-refractivity contribution in [3.63, 3.8) is 0 Å². The van der Waals surface area contributed by atoms with E-state index in [1.54, 1.807) is 0 Å². The molecule has 0 spiro atoms. The monoisotopic (exact) mass is 351 g/mol. The van der Waals surface area contributed by atoms with Crippen LogP contribution in [-0.2, 0) is 6.54 Å². The molecule has 3 aromatic rings. The summed E-state index contributed by atoms with van der Waals surface area (Å²) in [5, 5.41) is 5.28. The van der Waals surface area contributed by atoms with Crippen molar-refractivity contribution in [1.82, 2.24) is 9.88 Å². The Labute approximate surface area is 153 Å². The van der Waals surface area contributed by atoms with Crippen LogP contribution in [0, 0.1) is 0 Å². The molecule has 0 bridgehead atoms. The van der Waals surface area contributed by atoms with Crippen molar-refractivity contribution in [3.8, 4) is 0 Å². The standard InChI is InChI=1S/C21H22ClN3/c22-17-6-9-19-20(10-11-23-21(19)14-17)24-18-7-4-16(5-8-18)15-25-12-2-1-3-13-25/h4-11,14H,1-3,12-13,15H2,(H,23,24). The van der Waals surface area contributed by atoms with Crippen LogP contribution in [-0.4, -0.2) is 23.0 Å². The quantitative estimate of drug-likeness (QED) is 0.661. The maximum Gasteiger partial charge on any atom is 0.0737 e. The normalized spacial score (nSPS) is 15.4. The number of pyridine rings is 1. The molecule has 2 heterocycles. The van der Waals surface area contributed by atoms with Crippen LogP contribution in [0.1, 0.15) is 24.8 Å². The molecule has 128 valence electrons. The van der Waals surface area contributed by atoms with Gasteiger partial charge in [0, 0.05) is 34.5 Å². The fourth-order valence-corrected chi connectivity index (χ4v) is 3.62. The lowest BCUT2D eigenvalue weighted by Crippen LogP contribution is -2.29. The van der Waals surface area contributed by atoms with E-state index in [9.17, 15) is 0 Å². The molecule has 1 aliphatic rings. The average molecular weight is 352 g/mol. The number of hydrogen-bond acceptors (Lipinski definition) is 3. The third-order valence-corrected chi connectivity index (χ3v) is 5.03. The number of fused-ring (bicyclic) bond motifs is 1. The van der Waals surface area contributed by atoms with E-state index in [1.165, 1.54) is 37.9 Å². The number of hydrogen-bond donors (Lipinski definition) is 1. The summed E-state index contributed by atoms with van der Waals surface area (Å²) in [6, 6.07) is 16.6. The fraction of sp³-hybridized carbons (Fsp3) is 0.286. The van der Waals surface area contributed by atoms with Gasteiger partial charge < -0.3 is 5.32 Å². The van der Waals surface area contributed by atoms with E-state index in [4.69, 9.17) is 11.6 Å². The number of piperidine rings is 1. The average Bonchev–Trinajstić information content (AvgIpc) is 2.64. The molecule has 3 nitrogen and oxygen atoms in total. The van der Waals surface area contributed by atoms with Gasteiger partial charge in [0.25, 0.3) is 0 Å². The molecule has 0 atom stereocenters. The zero-order chi connectivity index (χ0) is 17.1. The third-order valence-electron chi connectivity index (χ3n) is 4.79. The first-order chi connectivity index (χ1) is 12.3. The second-order valence-corrected chi connectivity index (χ2v) is 7.12. The highest BCUT2D eigenvalue weighted by Crippen LogP contribution is 2.27. The Kier molecular flexibility index (Phi) is 4.86. The van der Waals surface area contributed by atoms with Crippen LogP contribution in [0.15, 0.2) is 54.7 Å². The lowest BCUT2D eigenvalue weighted by Gasteiger charge is -2.26. The van der Waals surface area contributed by atoms with Crippen LogP contribution in [0.5, 0.6) is 0 Å². The summed E-state index contributed by atoms with van der Waals surface area (Å²) in [7, 11) is 0. The van der Waals surface area contributed by atoms with Gasteiger partial charge in [-0.1, -0.05) is 30.2 Å². The summed E-state index contributed by atoms with van der Waals surface area (Å²) < 4.78 is 0. The predicted octanol–water partition coefficient (Wildman–Crippen LogP) is 5.62. The Morgan fingerprint density at radius 1 is 0.960 bits per heavy atom. The van der Waals surface area contributed by atoms with Crippen LogP contribution < -0.4 is 5.32 Å². The summed E-state index contributed by atoms with van der Waals surface area (Å²) in [4.78, 5) is 6.94. The Balaban J connectivity index is 1.49. The second-order valence-electron chi connectivity index (χ2n) is 6.68. The fourth-order valence-electron chi connectivity index (χ4n) is 3.45. The molecule has 0 saturated carbocycles. The van der Waals surface area contributed by atoms with Gasteiger partial charge in [-0.15, -0.1) is 0 Å². The van der Waals surface area contributed by atoms with Gasteiger partial charge in [-0.2, -0.15) is 0 Å². The molecule has 0 amide bonds. The maximum absolute atomic E-state index is 6.06. The largest absolute Gasteiger partial charge is 0.355 e. The number of halogens is 1. The van der Waals surface area contributed by atoms with Crippen LogP contribution in [0.3, 0.4) is 0 Å². The summed E-state index contributed by atoms with van der Waals surface area (Å²) >= 11 is 6.06. The van der Waals surface area contributed by atoms with Gasteiger partial charge in [0.15, 0.2) is 0 Å². The van der Waals surface area contributed by atoms with Gasteiger partial charge in [0.1, 0.15) is 0 Å². The van der Waals surface area contributed by atoms with Crippen molar-refractivity contribution in [3.05, 3.63) is 65.3 Å². The first kappa shape index (κ1) is 16.4. The highest BCUT2D eigenvalue weighted by Gasteiger charge is 2.10. The molecule has 25 heavy (non-hydrogen) atoms. The summed E-state index contributed by atoms with van der Waals surface area (Å²) in [5.74, 6) is 0. The van der Waals surface area contributed by atoms with Gasteiger partial charge >= 0.3 is 0 Å². The van der Waals surface area contributed by atoms with Crippen LogP contribution in [0.2, 0.25) is 5.02 Å². The minimum atomic E-state index is 0.708.